The number of nitrogens with one attached hydrogen (secondary N) is 1. The van der Waals surface area contributed by atoms with Gasteiger partial charge in [0.2, 0.25) is 11.8 Å². The standard InChI is InChI=1S/C18H27N5O2S/c1-2-19-18(20-8-9-23-15(24)5-3-6-16(23)25)22-12-10-21(11-13-22)17-7-4-14-26-17/h4,7,14H,2-3,5-6,8-13H2,1H3,(H,19,20). The van der Waals surface area contributed by atoms with Crippen LogP contribution in [-0.2, 0) is 9.59 Å². The van der Waals surface area contributed by atoms with Crippen LogP contribution in [0.1, 0.15) is 26.2 Å². The number of aliphatic imine (C=N–C) groups is 1. The fraction of sp³-hybridized carbons (Fsp3) is 0.611. The maximum atomic E-state index is 11.9. The van der Waals surface area contributed by atoms with Crippen LogP contribution in [0.4, 0.5) is 5.00 Å². The number of thiophene rings is 1. The molecule has 0 saturated carbocycles. The van der Waals surface area contributed by atoms with Crippen molar-refractivity contribution in [3.63, 3.8) is 0 Å². The normalized spacial score (nSPS) is 19.3. The van der Waals surface area contributed by atoms with Gasteiger partial charge in [0.05, 0.1) is 11.5 Å². The Labute approximate surface area is 158 Å². The maximum Gasteiger partial charge on any atom is 0.229 e. The third kappa shape index (κ3) is 4.55. The summed E-state index contributed by atoms with van der Waals surface area (Å²) in [5.74, 6) is 0.743. The monoisotopic (exact) mass is 377 g/mol. The second kappa shape index (κ2) is 9.02. The number of hydrogen-bond acceptors (Lipinski definition) is 5. The summed E-state index contributed by atoms with van der Waals surface area (Å²) >= 11 is 1.77. The summed E-state index contributed by atoms with van der Waals surface area (Å²) in [6.45, 7) is 7.42. The molecule has 0 aromatic carbocycles. The minimum absolute atomic E-state index is 0.0639. The molecular formula is C18H27N5O2S. The lowest BCUT2D eigenvalue weighted by Crippen LogP contribution is -2.52. The van der Waals surface area contributed by atoms with Gasteiger partial charge in [0.1, 0.15) is 0 Å². The summed E-state index contributed by atoms with van der Waals surface area (Å²) in [6.07, 6.45) is 1.62. The third-order valence-corrected chi connectivity index (χ3v) is 5.63. The van der Waals surface area contributed by atoms with Crippen molar-refractivity contribution in [3.8, 4) is 0 Å². The van der Waals surface area contributed by atoms with E-state index in [1.807, 2.05) is 0 Å². The number of hydrogen-bond donors (Lipinski definition) is 1. The lowest BCUT2D eigenvalue weighted by atomic mass is 10.1. The molecule has 0 bridgehead atoms. The van der Waals surface area contributed by atoms with Gasteiger partial charge in [0.15, 0.2) is 5.96 Å². The molecule has 2 fully saturated rings. The molecule has 0 spiro atoms. The number of piperidine rings is 1. The Kier molecular flexibility index (Phi) is 6.49. The van der Waals surface area contributed by atoms with Crippen LogP contribution in [0, 0.1) is 0 Å². The fourth-order valence-electron chi connectivity index (χ4n) is 3.32. The third-order valence-electron chi connectivity index (χ3n) is 4.70. The molecule has 2 aliphatic rings. The molecule has 0 atom stereocenters. The molecule has 2 amide bonds. The van der Waals surface area contributed by atoms with Crippen molar-refractivity contribution < 1.29 is 9.59 Å². The van der Waals surface area contributed by atoms with Crippen LogP contribution in [0.15, 0.2) is 22.5 Å². The molecule has 8 heteroatoms. The van der Waals surface area contributed by atoms with Crippen molar-refractivity contribution in [3.05, 3.63) is 17.5 Å². The van der Waals surface area contributed by atoms with Crippen LogP contribution in [0.2, 0.25) is 0 Å². The molecule has 0 radical (unpaired) electrons. The van der Waals surface area contributed by atoms with Crippen LogP contribution in [0.25, 0.3) is 0 Å². The zero-order valence-electron chi connectivity index (χ0n) is 15.3. The predicted octanol–water partition coefficient (Wildman–Crippen LogP) is 1.37. The van der Waals surface area contributed by atoms with Crippen molar-refractivity contribution in [2.24, 2.45) is 4.99 Å². The summed E-state index contributed by atoms with van der Waals surface area (Å²) in [4.78, 5) is 34.4. The summed E-state index contributed by atoms with van der Waals surface area (Å²) in [6, 6.07) is 4.24. The van der Waals surface area contributed by atoms with Crippen LogP contribution in [0.3, 0.4) is 0 Å². The Morgan fingerprint density at radius 1 is 1.19 bits per heavy atom. The summed E-state index contributed by atoms with van der Waals surface area (Å²) in [5, 5.41) is 6.75. The molecule has 2 aliphatic heterocycles. The van der Waals surface area contributed by atoms with E-state index in [0.29, 0.717) is 32.4 Å². The van der Waals surface area contributed by atoms with Crippen LogP contribution < -0.4 is 10.2 Å². The largest absolute Gasteiger partial charge is 0.360 e. The van der Waals surface area contributed by atoms with E-state index < -0.39 is 0 Å². The Morgan fingerprint density at radius 2 is 1.92 bits per heavy atom. The van der Waals surface area contributed by atoms with Gasteiger partial charge >= 0.3 is 0 Å². The molecule has 1 N–H and O–H groups in total. The van der Waals surface area contributed by atoms with Gasteiger partial charge in [-0.2, -0.15) is 0 Å². The van der Waals surface area contributed by atoms with E-state index in [9.17, 15) is 9.59 Å². The van der Waals surface area contributed by atoms with Gasteiger partial charge in [-0.3, -0.25) is 19.5 Å². The summed E-state index contributed by atoms with van der Waals surface area (Å²) in [7, 11) is 0. The molecular weight excluding hydrogens is 350 g/mol. The SMILES string of the molecule is CCNC(=NCCN1C(=O)CCCC1=O)N1CCN(c2cccs2)CC1. The first-order valence-electron chi connectivity index (χ1n) is 9.34. The Hall–Kier alpha value is -2.09. The number of rotatable bonds is 5. The molecule has 3 rings (SSSR count). The molecule has 7 nitrogen and oxygen atoms in total. The van der Waals surface area contributed by atoms with E-state index in [0.717, 1.165) is 38.7 Å². The molecule has 0 unspecified atom stereocenters. The highest BCUT2D eigenvalue weighted by Gasteiger charge is 2.25. The number of piperazine rings is 1. The van der Waals surface area contributed by atoms with Crippen LogP contribution >= 0.6 is 11.3 Å². The van der Waals surface area contributed by atoms with Crippen LogP contribution in [0.5, 0.6) is 0 Å². The molecule has 142 valence electrons. The maximum absolute atomic E-state index is 11.9. The van der Waals surface area contributed by atoms with E-state index in [1.54, 1.807) is 11.3 Å². The minimum Gasteiger partial charge on any atom is -0.360 e. The number of nitrogens with zero attached hydrogens (tertiary/aromatic N) is 4. The number of likely N-dealkylation sites (tertiary alicyclic amines) is 1. The smallest absolute Gasteiger partial charge is 0.229 e. The molecule has 0 aliphatic carbocycles. The molecule has 1 aromatic heterocycles. The highest BCUT2D eigenvalue weighted by atomic mass is 32.1. The number of imide groups is 1. The van der Waals surface area contributed by atoms with E-state index in [1.165, 1.54) is 9.90 Å². The topological polar surface area (TPSA) is 68.2 Å². The van der Waals surface area contributed by atoms with Gasteiger partial charge in [-0.1, -0.05) is 0 Å². The average Bonchev–Trinajstić information content (AvgIpc) is 3.18. The quantitative estimate of drug-likeness (QED) is 0.477. The number of amides is 2. The van der Waals surface area contributed by atoms with Gasteiger partial charge in [0, 0.05) is 52.1 Å². The van der Waals surface area contributed by atoms with Crippen molar-refractivity contribution >= 4 is 34.1 Å². The van der Waals surface area contributed by atoms with Crippen molar-refractivity contribution in [2.75, 3.05) is 50.7 Å². The Bertz CT molecular complexity index is 622. The van der Waals surface area contributed by atoms with Crippen LogP contribution in [-0.4, -0.2) is 73.4 Å². The van der Waals surface area contributed by atoms with E-state index in [4.69, 9.17) is 0 Å². The van der Waals surface area contributed by atoms with Gasteiger partial charge in [0.25, 0.3) is 0 Å². The van der Waals surface area contributed by atoms with Gasteiger partial charge in [-0.05, 0) is 30.9 Å². The Balaban J connectivity index is 1.54. The highest BCUT2D eigenvalue weighted by Crippen LogP contribution is 2.22. The lowest BCUT2D eigenvalue weighted by Gasteiger charge is -2.37. The summed E-state index contributed by atoms with van der Waals surface area (Å²) < 4.78 is 0. The molecule has 2 saturated heterocycles. The number of carbonyl (C=O) groups excluding carboxylic acids is 2. The molecule has 3 heterocycles. The lowest BCUT2D eigenvalue weighted by molar-refractivity contribution is -0.147. The van der Waals surface area contributed by atoms with Crippen molar-refractivity contribution in [1.29, 1.82) is 0 Å². The van der Waals surface area contributed by atoms with Gasteiger partial charge in [-0.25, -0.2) is 0 Å². The van der Waals surface area contributed by atoms with Gasteiger partial charge < -0.3 is 15.1 Å². The zero-order chi connectivity index (χ0) is 18.4. The van der Waals surface area contributed by atoms with E-state index in [2.05, 4.69) is 44.5 Å². The van der Waals surface area contributed by atoms with Gasteiger partial charge in [-0.15, -0.1) is 11.3 Å². The molecule has 26 heavy (non-hydrogen) atoms. The van der Waals surface area contributed by atoms with Crippen molar-refractivity contribution in [1.82, 2.24) is 15.1 Å². The minimum atomic E-state index is -0.0639. The number of guanidine groups is 1. The first kappa shape index (κ1) is 18.7. The molecule has 1 aromatic rings. The number of anilines is 1. The zero-order valence-corrected chi connectivity index (χ0v) is 16.1. The summed E-state index contributed by atoms with van der Waals surface area (Å²) in [5.41, 5.74) is 0. The highest BCUT2D eigenvalue weighted by molar-refractivity contribution is 7.14. The average molecular weight is 378 g/mol. The second-order valence-electron chi connectivity index (χ2n) is 6.45. The van der Waals surface area contributed by atoms with E-state index >= 15 is 0 Å². The van der Waals surface area contributed by atoms with E-state index in [-0.39, 0.29) is 11.8 Å². The first-order valence-corrected chi connectivity index (χ1v) is 10.2. The Morgan fingerprint density at radius 3 is 2.54 bits per heavy atom. The first-order chi connectivity index (χ1) is 12.7. The fourth-order valence-corrected chi connectivity index (χ4v) is 4.10. The van der Waals surface area contributed by atoms with Crippen molar-refractivity contribution in [2.45, 2.75) is 26.2 Å². The second-order valence-corrected chi connectivity index (χ2v) is 7.38. The predicted molar refractivity (Wildman–Crippen MR) is 105 cm³/mol. The number of carbonyl (C=O) groups is 2.